The highest BCUT2D eigenvalue weighted by atomic mass is 32.2. The van der Waals surface area contributed by atoms with Crippen LogP contribution in [0.1, 0.15) is 100 Å². The molecule has 244 valence electrons. The molecule has 1 saturated heterocycles. The maximum absolute atomic E-state index is 13.5. The molecule has 1 aliphatic heterocycles. The number of benzene rings is 1. The fourth-order valence-corrected chi connectivity index (χ4v) is 6.89. The summed E-state index contributed by atoms with van der Waals surface area (Å²) in [5.41, 5.74) is 1.96. The minimum absolute atomic E-state index is 0.0781. The first-order valence-corrected chi connectivity index (χ1v) is 17.4. The van der Waals surface area contributed by atoms with Gasteiger partial charge in [-0.2, -0.15) is 5.26 Å². The molecular weight excluding hydrogens is 605 g/mol. The summed E-state index contributed by atoms with van der Waals surface area (Å²) in [5.74, 6) is 1.77. The number of pyridine rings is 1. The number of unbranched alkanes of at least 4 members (excludes halogenated alkanes) is 9. The maximum Gasteiger partial charge on any atom is 0.270 e. The topological polar surface area (TPSA) is 96.6 Å². The molecule has 2 heterocycles. The third-order valence-electron chi connectivity index (χ3n) is 8.23. The van der Waals surface area contributed by atoms with E-state index in [4.69, 9.17) is 21.7 Å². The van der Waals surface area contributed by atoms with Crippen molar-refractivity contribution in [1.29, 1.82) is 5.26 Å². The quantitative estimate of drug-likeness (QED) is 0.0932. The van der Waals surface area contributed by atoms with Crippen LogP contribution in [0.25, 0.3) is 6.08 Å². The number of anilines is 1. The van der Waals surface area contributed by atoms with E-state index in [0.717, 1.165) is 18.4 Å². The van der Waals surface area contributed by atoms with Crippen molar-refractivity contribution in [2.24, 2.45) is 0 Å². The van der Waals surface area contributed by atoms with E-state index in [0.29, 0.717) is 63.7 Å². The maximum atomic E-state index is 13.5. The second-order valence-corrected chi connectivity index (χ2v) is 13.0. The van der Waals surface area contributed by atoms with Crippen LogP contribution >= 0.6 is 24.0 Å². The molecule has 1 aromatic heterocycles. The second kappa shape index (κ2) is 18.6. The van der Waals surface area contributed by atoms with E-state index in [9.17, 15) is 14.9 Å². The molecule has 8 nitrogen and oxygen atoms in total. The number of carbonyl (C=O) groups is 1. The predicted octanol–water partition coefficient (Wildman–Crippen LogP) is 7.84. The van der Waals surface area contributed by atoms with Gasteiger partial charge < -0.3 is 14.8 Å². The zero-order valence-electron chi connectivity index (χ0n) is 27.5. The molecule has 0 spiro atoms. The number of hydrogen-bond acceptors (Lipinski definition) is 8. The zero-order chi connectivity index (χ0) is 32.8. The lowest BCUT2D eigenvalue weighted by Gasteiger charge is -2.19. The van der Waals surface area contributed by atoms with Crippen LogP contribution in [0.15, 0.2) is 27.9 Å². The molecule has 3 rings (SSSR count). The first kappa shape index (κ1) is 36.2. The van der Waals surface area contributed by atoms with E-state index in [1.165, 1.54) is 63.1 Å². The summed E-state index contributed by atoms with van der Waals surface area (Å²) in [4.78, 5) is 28.9. The Bertz CT molecular complexity index is 1460. The van der Waals surface area contributed by atoms with E-state index >= 15 is 0 Å². The molecule has 1 N–H and O–H groups in total. The van der Waals surface area contributed by atoms with Gasteiger partial charge in [0.2, 0.25) is 0 Å². The van der Waals surface area contributed by atoms with Crippen LogP contribution < -0.4 is 20.3 Å². The van der Waals surface area contributed by atoms with Crippen LogP contribution in [0.2, 0.25) is 0 Å². The number of ether oxygens (including phenoxy) is 2. The van der Waals surface area contributed by atoms with Gasteiger partial charge in [-0.25, -0.2) is 0 Å². The molecule has 1 aromatic carbocycles. The Kier molecular flexibility index (Phi) is 15.0. The van der Waals surface area contributed by atoms with Crippen molar-refractivity contribution in [3.05, 3.63) is 55.7 Å². The number of nitrogens with zero attached hydrogens (tertiary/aromatic N) is 3. The Labute approximate surface area is 278 Å². The van der Waals surface area contributed by atoms with Gasteiger partial charge in [0, 0.05) is 25.2 Å². The van der Waals surface area contributed by atoms with Crippen molar-refractivity contribution in [3.63, 3.8) is 0 Å². The lowest BCUT2D eigenvalue weighted by molar-refractivity contribution is -0.122. The molecular formula is C35H48N4O4S2. The number of rotatable bonds is 19. The third-order valence-corrected chi connectivity index (χ3v) is 9.61. The van der Waals surface area contributed by atoms with E-state index in [2.05, 4.69) is 18.3 Å². The molecule has 1 fully saturated rings. The Hall–Kier alpha value is -3.29. The van der Waals surface area contributed by atoms with Crippen LogP contribution in [0.4, 0.5) is 5.82 Å². The fraction of sp³-hybridized carbons (Fsp3) is 0.543. The summed E-state index contributed by atoms with van der Waals surface area (Å²) in [7, 11) is 3.20. The summed E-state index contributed by atoms with van der Waals surface area (Å²) in [6, 6.07) is 7.85. The molecule has 0 aliphatic carbocycles. The minimum atomic E-state index is -0.350. The monoisotopic (exact) mass is 652 g/mol. The fourth-order valence-electron chi connectivity index (χ4n) is 5.60. The average Bonchev–Trinajstić information content (AvgIpc) is 3.31. The van der Waals surface area contributed by atoms with E-state index in [1.807, 2.05) is 25.1 Å². The number of thioether (sulfide) groups is 1. The smallest absolute Gasteiger partial charge is 0.270 e. The van der Waals surface area contributed by atoms with E-state index < -0.39 is 0 Å². The average molecular weight is 653 g/mol. The molecule has 0 saturated carbocycles. The number of aromatic nitrogens is 1. The molecule has 0 bridgehead atoms. The molecule has 1 amide bonds. The van der Waals surface area contributed by atoms with Crippen LogP contribution in [0, 0.1) is 18.3 Å². The van der Waals surface area contributed by atoms with Gasteiger partial charge in [0.25, 0.3) is 11.5 Å². The van der Waals surface area contributed by atoms with Gasteiger partial charge >= 0.3 is 0 Å². The Morgan fingerprint density at radius 1 is 0.978 bits per heavy atom. The van der Waals surface area contributed by atoms with Crippen molar-refractivity contribution in [2.45, 2.75) is 97.9 Å². The molecule has 0 radical (unpaired) electrons. The summed E-state index contributed by atoms with van der Waals surface area (Å²) < 4.78 is 12.9. The van der Waals surface area contributed by atoms with E-state index in [-0.39, 0.29) is 17.0 Å². The summed E-state index contributed by atoms with van der Waals surface area (Å²) in [5, 5.41) is 13.3. The summed E-state index contributed by atoms with van der Waals surface area (Å²) in [6.07, 6.45) is 14.7. The van der Waals surface area contributed by atoms with Gasteiger partial charge in [0.1, 0.15) is 21.8 Å². The number of nitrogens with one attached hydrogen (secondary N) is 1. The van der Waals surface area contributed by atoms with Crippen LogP contribution in [-0.2, 0) is 17.8 Å². The largest absolute Gasteiger partial charge is 0.493 e. The molecule has 2 aromatic rings. The van der Waals surface area contributed by atoms with Crippen molar-refractivity contribution in [1.82, 2.24) is 9.47 Å². The summed E-state index contributed by atoms with van der Waals surface area (Å²) in [6.45, 7) is 7.35. The molecule has 0 atom stereocenters. The van der Waals surface area contributed by atoms with Gasteiger partial charge in [-0.3, -0.25) is 19.1 Å². The number of hydrogen-bond donors (Lipinski definition) is 1. The lowest BCUT2D eigenvalue weighted by Crippen LogP contribution is -2.29. The standard InChI is InChI=1S/C35H48N4O4S2/c1-6-8-9-10-11-12-13-14-15-16-21-39-34(41)31(45-35(39)44)23-27-25(3)28(24-36)33(40)38(7-2)32(27)37-20-19-26-17-18-29(42-4)30(22-26)43-5/h17-18,22-23,37H,6-16,19-21H2,1-5H3/b31-23+. The number of nitriles is 1. The molecule has 1 aliphatic rings. The summed E-state index contributed by atoms with van der Waals surface area (Å²) >= 11 is 6.89. The number of thiocarbonyl (C=S) groups is 1. The highest BCUT2D eigenvalue weighted by molar-refractivity contribution is 8.26. The van der Waals surface area contributed by atoms with Gasteiger partial charge in [-0.05, 0) is 56.0 Å². The van der Waals surface area contributed by atoms with Crippen LogP contribution in [-0.4, -0.2) is 47.0 Å². The minimum Gasteiger partial charge on any atom is -0.493 e. The van der Waals surface area contributed by atoms with E-state index in [1.54, 1.807) is 36.7 Å². The first-order valence-electron chi connectivity index (χ1n) is 16.2. The van der Waals surface area contributed by atoms with Crippen molar-refractivity contribution < 1.29 is 14.3 Å². The van der Waals surface area contributed by atoms with Crippen LogP contribution in [0.3, 0.4) is 0 Å². The Morgan fingerprint density at radius 2 is 1.62 bits per heavy atom. The van der Waals surface area contributed by atoms with Crippen LogP contribution in [0.5, 0.6) is 11.5 Å². The van der Waals surface area contributed by atoms with Crippen molar-refractivity contribution in [3.8, 4) is 17.6 Å². The molecule has 45 heavy (non-hydrogen) atoms. The first-order chi connectivity index (χ1) is 21.8. The highest BCUT2D eigenvalue weighted by Gasteiger charge is 2.32. The SMILES string of the molecule is CCCCCCCCCCCCN1C(=O)/C(=C\c2c(C)c(C#N)c(=O)n(CC)c2NCCc2ccc(OC)c(OC)c2)SC1=S. The van der Waals surface area contributed by atoms with Crippen molar-refractivity contribution >= 4 is 46.1 Å². The highest BCUT2D eigenvalue weighted by Crippen LogP contribution is 2.35. The zero-order valence-corrected chi connectivity index (χ0v) is 29.1. The van der Waals surface area contributed by atoms with Gasteiger partial charge in [0.15, 0.2) is 11.5 Å². The third kappa shape index (κ3) is 9.60. The lowest BCUT2D eigenvalue weighted by atomic mass is 10.0. The number of methoxy groups -OCH3 is 2. The Balaban J connectivity index is 1.73. The second-order valence-electron chi connectivity index (χ2n) is 11.3. The van der Waals surface area contributed by atoms with Gasteiger partial charge in [-0.1, -0.05) is 94.8 Å². The van der Waals surface area contributed by atoms with Gasteiger partial charge in [0.05, 0.1) is 19.1 Å². The number of carbonyl (C=O) groups excluding carboxylic acids is 1. The molecule has 10 heteroatoms. The Morgan fingerprint density at radius 3 is 2.22 bits per heavy atom. The molecule has 0 unspecified atom stereocenters. The van der Waals surface area contributed by atoms with Crippen molar-refractivity contribution in [2.75, 3.05) is 32.6 Å². The van der Waals surface area contributed by atoms with Gasteiger partial charge in [-0.15, -0.1) is 0 Å². The predicted molar refractivity (Wildman–Crippen MR) is 189 cm³/mol. The number of amides is 1. The normalized spacial score (nSPS) is 13.9.